The van der Waals surface area contributed by atoms with E-state index in [1.807, 2.05) is 29.0 Å². The van der Waals surface area contributed by atoms with Crippen molar-refractivity contribution < 1.29 is 8.42 Å². The lowest BCUT2D eigenvalue weighted by atomic mass is 10.1. The average molecular weight is 310 g/mol. The highest BCUT2D eigenvalue weighted by atomic mass is 32.2. The molecule has 1 aromatic heterocycles. The Bertz CT molecular complexity index is 620. The van der Waals surface area contributed by atoms with Crippen LogP contribution in [0.4, 0.5) is 0 Å². The molecule has 20 heavy (non-hydrogen) atoms. The van der Waals surface area contributed by atoms with E-state index in [1.54, 1.807) is 23.5 Å². The van der Waals surface area contributed by atoms with E-state index in [2.05, 4.69) is 4.72 Å². The molecule has 4 nitrogen and oxygen atoms in total. The van der Waals surface area contributed by atoms with Gasteiger partial charge in [-0.05, 0) is 39.9 Å². The van der Waals surface area contributed by atoms with Crippen molar-refractivity contribution in [2.24, 2.45) is 5.73 Å². The molecule has 1 heterocycles. The normalized spacial score (nSPS) is 11.7. The van der Waals surface area contributed by atoms with Crippen LogP contribution < -0.4 is 10.5 Å². The van der Waals surface area contributed by atoms with Crippen molar-refractivity contribution in [3.05, 3.63) is 57.8 Å². The molecule has 2 aromatic rings. The maximum absolute atomic E-state index is 11.9. The van der Waals surface area contributed by atoms with Crippen LogP contribution in [0, 0.1) is 0 Å². The van der Waals surface area contributed by atoms with Gasteiger partial charge in [-0.1, -0.05) is 24.3 Å². The number of hydrogen-bond donors (Lipinski definition) is 2. The van der Waals surface area contributed by atoms with E-state index in [1.165, 1.54) is 0 Å². The lowest BCUT2D eigenvalue weighted by Gasteiger charge is -2.07. The van der Waals surface area contributed by atoms with Crippen molar-refractivity contribution in [1.82, 2.24) is 4.72 Å². The standard InChI is InChI=1S/C14H18N2O2S2/c15-9-12-1-3-14(4-2-12)11-20(17,18)16-7-5-13-6-8-19-10-13/h1-4,6,8,10,16H,5,7,9,11,15H2. The molecule has 0 radical (unpaired) electrons. The molecule has 108 valence electrons. The van der Waals surface area contributed by atoms with Crippen molar-refractivity contribution in [3.8, 4) is 0 Å². The zero-order chi connectivity index (χ0) is 14.4. The molecule has 0 saturated heterocycles. The van der Waals surface area contributed by atoms with Gasteiger partial charge in [0.05, 0.1) is 5.75 Å². The van der Waals surface area contributed by atoms with Crippen molar-refractivity contribution in [1.29, 1.82) is 0 Å². The molecule has 0 unspecified atom stereocenters. The summed E-state index contributed by atoms with van der Waals surface area (Å²) in [7, 11) is -3.29. The number of benzene rings is 1. The summed E-state index contributed by atoms with van der Waals surface area (Å²) in [6.45, 7) is 0.895. The molecule has 0 aliphatic rings. The fraction of sp³-hybridized carbons (Fsp3) is 0.286. The third-order valence-corrected chi connectivity index (χ3v) is 5.02. The first-order valence-electron chi connectivity index (χ1n) is 6.35. The molecule has 6 heteroatoms. The fourth-order valence-corrected chi connectivity index (χ4v) is 3.68. The molecule has 0 fully saturated rings. The first-order valence-corrected chi connectivity index (χ1v) is 8.95. The molecule has 0 amide bonds. The molecule has 0 saturated carbocycles. The second kappa shape index (κ2) is 6.99. The van der Waals surface area contributed by atoms with Crippen LogP contribution in [0.5, 0.6) is 0 Å². The predicted molar refractivity (Wildman–Crippen MR) is 83.0 cm³/mol. The molecule has 1 aromatic carbocycles. The van der Waals surface area contributed by atoms with E-state index < -0.39 is 10.0 Å². The smallest absolute Gasteiger partial charge is 0.215 e. The monoisotopic (exact) mass is 310 g/mol. The van der Waals surface area contributed by atoms with Gasteiger partial charge in [0.15, 0.2) is 0 Å². The quantitative estimate of drug-likeness (QED) is 0.820. The van der Waals surface area contributed by atoms with Gasteiger partial charge in [-0.25, -0.2) is 13.1 Å². The summed E-state index contributed by atoms with van der Waals surface area (Å²) in [5.41, 5.74) is 8.43. The van der Waals surface area contributed by atoms with Crippen molar-refractivity contribution in [2.75, 3.05) is 6.54 Å². The van der Waals surface area contributed by atoms with Gasteiger partial charge in [0, 0.05) is 13.1 Å². The van der Waals surface area contributed by atoms with Crippen LogP contribution in [-0.2, 0) is 28.7 Å². The minimum atomic E-state index is -3.29. The Morgan fingerprint density at radius 1 is 1.05 bits per heavy atom. The molecule has 3 N–H and O–H groups in total. The number of sulfonamides is 1. The van der Waals surface area contributed by atoms with Gasteiger partial charge in [-0.15, -0.1) is 0 Å². The van der Waals surface area contributed by atoms with Gasteiger partial charge in [-0.2, -0.15) is 11.3 Å². The number of nitrogens with one attached hydrogen (secondary N) is 1. The zero-order valence-electron chi connectivity index (χ0n) is 11.1. The number of hydrogen-bond acceptors (Lipinski definition) is 4. The van der Waals surface area contributed by atoms with Gasteiger partial charge in [-0.3, -0.25) is 0 Å². The Hall–Kier alpha value is -1.21. The maximum atomic E-state index is 11.9. The average Bonchev–Trinajstić information content (AvgIpc) is 2.92. The molecule has 0 bridgehead atoms. The Morgan fingerprint density at radius 3 is 2.35 bits per heavy atom. The maximum Gasteiger partial charge on any atom is 0.215 e. The van der Waals surface area contributed by atoms with E-state index in [4.69, 9.17) is 5.73 Å². The molecule has 0 aliphatic heterocycles. The van der Waals surface area contributed by atoms with Crippen molar-refractivity contribution in [2.45, 2.75) is 18.7 Å². The van der Waals surface area contributed by atoms with Gasteiger partial charge in [0.2, 0.25) is 10.0 Å². The van der Waals surface area contributed by atoms with Gasteiger partial charge in [0.1, 0.15) is 0 Å². The van der Waals surface area contributed by atoms with E-state index >= 15 is 0 Å². The third-order valence-electron chi connectivity index (χ3n) is 2.93. The third kappa shape index (κ3) is 4.72. The first-order chi connectivity index (χ1) is 9.59. The fourth-order valence-electron chi connectivity index (χ4n) is 1.83. The van der Waals surface area contributed by atoms with Gasteiger partial charge >= 0.3 is 0 Å². The molecular weight excluding hydrogens is 292 g/mol. The highest BCUT2D eigenvalue weighted by Crippen LogP contribution is 2.09. The number of thiophene rings is 1. The van der Waals surface area contributed by atoms with E-state index in [0.29, 0.717) is 13.1 Å². The van der Waals surface area contributed by atoms with Gasteiger partial charge in [0.25, 0.3) is 0 Å². The molecule has 0 aliphatic carbocycles. The van der Waals surface area contributed by atoms with Crippen LogP contribution in [0.15, 0.2) is 41.1 Å². The Labute approximate surface area is 123 Å². The SMILES string of the molecule is NCc1ccc(CS(=O)(=O)NCCc2ccsc2)cc1. The molecule has 0 spiro atoms. The van der Waals surface area contributed by atoms with E-state index in [-0.39, 0.29) is 5.75 Å². The largest absolute Gasteiger partial charge is 0.326 e. The summed E-state index contributed by atoms with van der Waals surface area (Å²) >= 11 is 1.62. The lowest BCUT2D eigenvalue weighted by molar-refractivity contribution is 0.581. The molecule has 2 rings (SSSR count). The Morgan fingerprint density at radius 2 is 1.75 bits per heavy atom. The summed E-state index contributed by atoms with van der Waals surface area (Å²) in [4.78, 5) is 0. The zero-order valence-corrected chi connectivity index (χ0v) is 12.7. The van der Waals surface area contributed by atoms with Crippen LogP contribution in [0.25, 0.3) is 0 Å². The van der Waals surface area contributed by atoms with Crippen LogP contribution in [0.3, 0.4) is 0 Å². The minimum absolute atomic E-state index is 0.00148. The Balaban J connectivity index is 1.86. The minimum Gasteiger partial charge on any atom is -0.326 e. The summed E-state index contributed by atoms with van der Waals surface area (Å²) < 4.78 is 26.5. The first kappa shape index (κ1) is 15.2. The van der Waals surface area contributed by atoms with Crippen molar-refractivity contribution >= 4 is 21.4 Å². The summed E-state index contributed by atoms with van der Waals surface area (Å²) in [5.74, 6) is 0.00148. The highest BCUT2D eigenvalue weighted by molar-refractivity contribution is 7.88. The summed E-state index contributed by atoms with van der Waals surface area (Å²) in [6, 6.07) is 9.33. The summed E-state index contributed by atoms with van der Waals surface area (Å²) in [6.07, 6.45) is 0.717. The number of nitrogens with two attached hydrogens (primary N) is 1. The van der Waals surface area contributed by atoms with Crippen LogP contribution in [-0.4, -0.2) is 15.0 Å². The second-order valence-corrected chi connectivity index (χ2v) is 7.14. The second-order valence-electron chi connectivity index (χ2n) is 4.56. The molecule has 0 atom stereocenters. The lowest BCUT2D eigenvalue weighted by Crippen LogP contribution is -2.27. The molecular formula is C14H18N2O2S2. The number of rotatable bonds is 7. The van der Waals surface area contributed by atoms with Gasteiger partial charge < -0.3 is 5.73 Å². The predicted octanol–water partition coefficient (Wildman–Crippen LogP) is 1.87. The highest BCUT2D eigenvalue weighted by Gasteiger charge is 2.10. The van der Waals surface area contributed by atoms with Crippen LogP contribution in [0.1, 0.15) is 16.7 Å². The van der Waals surface area contributed by atoms with E-state index in [0.717, 1.165) is 23.1 Å². The Kier molecular flexibility index (Phi) is 5.31. The van der Waals surface area contributed by atoms with Crippen molar-refractivity contribution in [3.63, 3.8) is 0 Å². The summed E-state index contributed by atoms with van der Waals surface area (Å²) in [5, 5.41) is 4.02. The van der Waals surface area contributed by atoms with Crippen LogP contribution in [0.2, 0.25) is 0 Å². The van der Waals surface area contributed by atoms with Crippen LogP contribution >= 0.6 is 11.3 Å². The topological polar surface area (TPSA) is 72.2 Å². The van der Waals surface area contributed by atoms with E-state index in [9.17, 15) is 8.42 Å².